The van der Waals surface area contributed by atoms with Crippen molar-refractivity contribution in [3.63, 3.8) is 0 Å². The summed E-state index contributed by atoms with van der Waals surface area (Å²) in [5.41, 5.74) is 2.33. The van der Waals surface area contributed by atoms with Crippen molar-refractivity contribution < 1.29 is 9.53 Å². The summed E-state index contributed by atoms with van der Waals surface area (Å²) in [6.07, 6.45) is 1.56. The minimum absolute atomic E-state index is 0.239. The summed E-state index contributed by atoms with van der Waals surface area (Å²) in [6.45, 7) is 0.951. The van der Waals surface area contributed by atoms with Gasteiger partial charge in [-0.2, -0.15) is 0 Å². The van der Waals surface area contributed by atoms with Gasteiger partial charge in [-0.15, -0.1) is 0 Å². The van der Waals surface area contributed by atoms with Gasteiger partial charge in [-0.25, -0.2) is 9.97 Å². The van der Waals surface area contributed by atoms with E-state index in [1.165, 1.54) is 0 Å². The Morgan fingerprint density at radius 3 is 2.58 bits per heavy atom. The van der Waals surface area contributed by atoms with E-state index in [1.807, 2.05) is 54.6 Å². The normalized spacial score (nSPS) is 10.2. The topological polar surface area (TPSA) is 76.1 Å². The molecule has 1 heterocycles. The fourth-order valence-electron chi connectivity index (χ4n) is 2.46. The van der Waals surface area contributed by atoms with Crippen molar-refractivity contribution >= 4 is 11.9 Å². The van der Waals surface area contributed by atoms with E-state index in [0.29, 0.717) is 24.7 Å². The van der Waals surface area contributed by atoms with Crippen molar-refractivity contribution in [2.24, 2.45) is 0 Å². The maximum absolute atomic E-state index is 12.3. The highest BCUT2D eigenvalue weighted by atomic mass is 16.5. The Kier molecular flexibility index (Phi) is 5.77. The van der Waals surface area contributed by atoms with Crippen LogP contribution in [-0.4, -0.2) is 23.0 Å². The zero-order valence-electron chi connectivity index (χ0n) is 14.5. The van der Waals surface area contributed by atoms with Gasteiger partial charge in [0.25, 0.3) is 5.91 Å². The first-order chi connectivity index (χ1) is 12.8. The number of hydrogen-bond donors (Lipinski definition) is 2. The van der Waals surface area contributed by atoms with Crippen LogP contribution in [0.2, 0.25) is 0 Å². The molecule has 0 radical (unpaired) electrons. The summed E-state index contributed by atoms with van der Waals surface area (Å²) < 4.78 is 5.32. The van der Waals surface area contributed by atoms with E-state index < -0.39 is 0 Å². The molecule has 3 rings (SSSR count). The standard InChI is InChI=1S/C20H20N4O2/c1-26-18-10-6-5-9-16(18)14-23-20-21-12-11-17(24-20)19(25)22-13-15-7-3-2-4-8-15/h2-12H,13-14H2,1H3,(H,22,25)(H,21,23,24). The number of hydrogen-bond acceptors (Lipinski definition) is 5. The van der Waals surface area contributed by atoms with Crippen LogP contribution in [0.1, 0.15) is 21.6 Å². The van der Waals surface area contributed by atoms with Crippen molar-refractivity contribution in [1.29, 1.82) is 0 Å². The fourth-order valence-corrected chi connectivity index (χ4v) is 2.46. The van der Waals surface area contributed by atoms with Crippen molar-refractivity contribution in [1.82, 2.24) is 15.3 Å². The van der Waals surface area contributed by atoms with Crippen molar-refractivity contribution in [2.45, 2.75) is 13.1 Å². The summed E-state index contributed by atoms with van der Waals surface area (Å²) >= 11 is 0. The molecule has 0 aliphatic carbocycles. The molecule has 26 heavy (non-hydrogen) atoms. The highest BCUT2D eigenvalue weighted by Gasteiger charge is 2.09. The summed E-state index contributed by atoms with van der Waals surface area (Å²) in [4.78, 5) is 20.7. The third kappa shape index (κ3) is 4.57. The molecule has 2 N–H and O–H groups in total. The molecule has 132 valence electrons. The summed E-state index contributed by atoms with van der Waals surface area (Å²) in [7, 11) is 1.63. The monoisotopic (exact) mass is 348 g/mol. The average molecular weight is 348 g/mol. The lowest BCUT2D eigenvalue weighted by Gasteiger charge is -2.10. The third-order valence-corrected chi connectivity index (χ3v) is 3.81. The molecule has 0 atom stereocenters. The molecule has 0 bridgehead atoms. The second-order valence-corrected chi connectivity index (χ2v) is 5.60. The predicted octanol–water partition coefficient (Wildman–Crippen LogP) is 3.03. The first-order valence-electron chi connectivity index (χ1n) is 8.27. The Labute approximate surface area is 152 Å². The Hall–Kier alpha value is -3.41. The molecule has 0 aliphatic heterocycles. The van der Waals surface area contributed by atoms with Crippen molar-refractivity contribution in [3.05, 3.63) is 83.7 Å². The summed E-state index contributed by atoms with van der Waals surface area (Å²) in [6, 6.07) is 19.0. The zero-order chi connectivity index (χ0) is 18.2. The van der Waals surface area contributed by atoms with Gasteiger partial charge >= 0.3 is 0 Å². The van der Waals surface area contributed by atoms with Crippen LogP contribution in [0, 0.1) is 0 Å². The molecule has 0 saturated carbocycles. The number of para-hydroxylation sites is 1. The number of anilines is 1. The van der Waals surface area contributed by atoms with Gasteiger partial charge in [0.1, 0.15) is 11.4 Å². The molecule has 1 aromatic heterocycles. The molecule has 0 saturated heterocycles. The zero-order valence-corrected chi connectivity index (χ0v) is 14.5. The molecule has 0 spiro atoms. The van der Waals surface area contributed by atoms with E-state index in [4.69, 9.17) is 4.74 Å². The van der Waals surface area contributed by atoms with Gasteiger partial charge in [-0.3, -0.25) is 4.79 Å². The lowest BCUT2D eigenvalue weighted by Crippen LogP contribution is -2.24. The minimum Gasteiger partial charge on any atom is -0.496 e. The van der Waals surface area contributed by atoms with E-state index >= 15 is 0 Å². The third-order valence-electron chi connectivity index (χ3n) is 3.81. The second-order valence-electron chi connectivity index (χ2n) is 5.60. The number of nitrogens with zero attached hydrogens (tertiary/aromatic N) is 2. The number of ether oxygens (including phenoxy) is 1. The maximum Gasteiger partial charge on any atom is 0.270 e. The largest absolute Gasteiger partial charge is 0.496 e. The van der Waals surface area contributed by atoms with Gasteiger partial charge in [-0.1, -0.05) is 48.5 Å². The first-order valence-corrected chi connectivity index (χ1v) is 8.27. The van der Waals surface area contributed by atoms with E-state index in [0.717, 1.165) is 16.9 Å². The number of amides is 1. The summed E-state index contributed by atoms with van der Waals surface area (Å²) in [5, 5.41) is 5.98. The van der Waals surface area contributed by atoms with Crippen LogP contribution < -0.4 is 15.4 Å². The predicted molar refractivity (Wildman–Crippen MR) is 100.0 cm³/mol. The molecular formula is C20H20N4O2. The van der Waals surface area contributed by atoms with Gasteiger partial charge in [0.05, 0.1) is 7.11 Å². The molecule has 1 amide bonds. The SMILES string of the molecule is COc1ccccc1CNc1nccc(C(=O)NCc2ccccc2)n1. The van der Waals surface area contributed by atoms with Crippen LogP contribution in [-0.2, 0) is 13.1 Å². The highest BCUT2D eigenvalue weighted by molar-refractivity contribution is 5.92. The first kappa shape index (κ1) is 17.4. The van der Waals surface area contributed by atoms with Crippen LogP contribution in [0.3, 0.4) is 0 Å². The van der Waals surface area contributed by atoms with Crippen LogP contribution in [0.15, 0.2) is 66.9 Å². The molecule has 0 unspecified atom stereocenters. The molecule has 3 aromatic rings. The van der Waals surface area contributed by atoms with E-state index in [2.05, 4.69) is 20.6 Å². The summed E-state index contributed by atoms with van der Waals surface area (Å²) in [5.74, 6) is 0.941. The molecule has 6 nitrogen and oxygen atoms in total. The van der Waals surface area contributed by atoms with Crippen LogP contribution in [0.4, 0.5) is 5.95 Å². The molecule has 0 aliphatic rings. The molecular weight excluding hydrogens is 328 g/mol. The second kappa shape index (κ2) is 8.62. The van der Waals surface area contributed by atoms with Gasteiger partial charge in [-0.05, 0) is 17.7 Å². The number of carbonyl (C=O) groups is 1. The van der Waals surface area contributed by atoms with Gasteiger partial charge in [0, 0.05) is 24.8 Å². The average Bonchev–Trinajstić information content (AvgIpc) is 2.71. The number of rotatable bonds is 7. The number of methoxy groups -OCH3 is 1. The van der Waals surface area contributed by atoms with Crippen LogP contribution in [0.25, 0.3) is 0 Å². The Balaban J connectivity index is 1.61. The van der Waals surface area contributed by atoms with Gasteiger partial charge in [0.2, 0.25) is 5.95 Å². The molecule has 2 aromatic carbocycles. The van der Waals surface area contributed by atoms with E-state index in [1.54, 1.807) is 19.4 Å². The molecule has 0 fully saturated rings. The van der Waals surface area contributed by atoms with E-state index in [-0.39, 0.29) is 5.91 Å². The maximum atomic E-state index is 12.3. The van der Waals surface area contributed by atoms with Crippen LogP contribution >= 0.6 is 0 Å². The Bertz CT molecular complexity index is 868. The van der Waals surface area contributed by atoms with Crippen LogP contribution in [0.5, 0.6) is 5.75 Å². The smallest absolute Gasteiger partial charge is 0.270 e. The number of benzene rings is 2. The van der Waals surface area contributed by atoms with Gasteiger partial charge < -0.3 is 15.4 Å². The lowest BCUT2D eigenvalue weighted by atomic mass is 10.2. The molecule has 6 heteroatoms. The highest BCUT2D eigenvalue weighted by Crippen LogP contribution is 2.18. The number of nitrogens with one attached hydrogen (secondary N) is 2. The fraction of sp³-hybridized carbons (Fsp3) is 0.150. The van der Waals surface area contributed by atoms with Crippen molar-refractivity contribution in [2.75, 3.05) is 12.4 Å². The number of aromatic nitrogens is 2. The number of carbonyl (C=O) groups excluding carboxylic acids is 1. The van der Waals surface area contributed by atoms with Gasteiger partial charge in [0.15, 0.2) is 0 Å². The lowest BCUT2D eigenvalue weighted by molar-refractivity contribution is 0.0946. The Morgan fingerprint density at radius 1 is 1.00 bits per heavy atom. The minimum atomic E-state index is -0.239. The Morgan fingerprint density at radius 2 is 1.77 bits per heavy atom. The van der Waals surface area contributed by atoms with Crippen molar-refractivity contribution in [3.8, 4) is 5.75 Å². The van der Waals surface area contributed by atoms with E-state index in [9.17, 15) is 4.79 Å². The quantitative estimate of drug-likeness (QED) is 0.686.